The largest absolute Gasteiger partial charge is 0.345 e. The number of benzene rings is 2. The second kappa shape index (κ2) is 8.33. The van der Waals surface area contributed by atoms with E-state index >= 15 is 0 Å². The summed E-state index contributed by atoms with van der Waals surface area (Å²) in [5, 5.41) is 3.02. The lowest BCUT2D eigenvalue weighted by molar-refractivity contribution is 0.0935. The lowest BCUT2D eigenvalue weighted by Gasteiger charge is -2.23. The minimum absolute atomic E-state index is 0.0693. The fraction of sp³-hybridized carbons (Fsp3) is 0.316. The smallest absolute Gasteiger partial charge is 0.303 e. The van der Waals surface area contributed by atoms with Crippen LogP contribution in [0.3, 0.4) is 0 Å². The number of nitrogens with zero attached hydrogens (tertiary/aromatic N) is 2. The number of hydrogen-bond donors (Lipinski definition) is 1. The van der Waals surface area contributed by atoms with Gasteiger partial charge in [0.05, 0.1) is 11.7 Å². The number of carbonyl (C=O) groups excluding carboxylic acids is 1. The molecule has 26 heavy (non-hydrogen) atoms. The van der Waals surface area contributed by atoms with Gasteiger partial charge in [-0.2, -0.15) is 12.7 Å². The average Bonchev–Trinajstić information content (AvgIpc) is 2.65. The molecule has 0 saturated heterocycles. The van der Waals surface area contributed by atoms with E-state index < -0.39 is 10.2 Å². The average molecular weight is 375 g/mol. The molecule has 7 heteroatoms. The van der Waals surface area contributed by atoms with Gasteiger partial charge in [-0.3, -0.25) is 9.10 Å². The van der Waals surface area contributed by atoms with Crippen LogP contribution in [0.15, 0.2) is 54.6 Å². The lowest BCUT2D eigenvalue weighted by Crippen LogP contribution is -2.37. The molecule has 0 bridgehead atoms. The van der Waals surface area contributed by atoms with E-state index in [1.165, 1.54) is 25.4 Å². The third-order valence-electron chi connectivity index (χ3n) is 4.22. The van der Waals surface area contributed by atoms with Crippen molar-refractivity contribution in [2.45, 2.75) is 19.4 Å². The summed E-state index contributed by atoms with van der Waals surface area (Å²) in [6.07, 6.45) is 0.775. The highest BCUT2D eigenvalue weighted by molar-refractivity contribution is 7.90. The number of nitrogens with one attached hydrogen (secondary N) is 1. The quantitative estimate of drug-likeness (QED) is 0.809. The van der Waals surface area contributed by atoms with Gasteiger partial charge >= 0.3 is 10.2 Å². The van der Waals surface area contributed by atoms with Gasteiger partial charge < -0.3 is 5.32 Å². The first-order valence-electron chi connectivity index (χ1n) is 8.39. The Bertz CT molecular complexity index is 834. The van der Waals surface area contributed by atoms with Crippen LogP contribution in [0.1, 0.15) is 35.3 Å². The van der Waals surface area contributed by atoms with E-state index in [1.807, 2.05) is 37.3 Å². The molecule has 0 radical (unpaired) electrons. The molecule has 2 aromatic carbocycles. The van der Waals surface area contributed by atoms with Crippen molar-refractivity contribution in [2.24, 2.45) is 0 Å². The second-order valence-electron chi connectivity index (χ2n) is 6.15. The van der Waals surface area contributed by atoms with Gasteiger partial charge in [0.1, 0.15) is 0 Å². The van der Waals surface area contributed by atoms with Gasteiger partial charge in [-0.25, -0.2) is 0 Å². The molecule has 1 atom stereocenters. The van der Waals surface area contributed by atoms with E-state index in [9.17, 15) is 13.2 Å². The van der Waals surface area contributed by atoms with Gasteiger partial charge in [-0.05, 0) is 36.2 Å². The van der Waals surface area contributed by atoms with Crippen molar-refractivity contribution in [2.75, 3.05) is 25.4 Å². The Morgan fingerprint density at radius 2 is 1.58 bits per heavy atom. The molecule has 0 heterocycles. The Labute approximate surface area is 155 Å². The molecular formula is C19H25N3O3S. The molecule has 1 N–H and O–H groups in total. The molecule has 2 aromatic rings. The molecule has 0 aliphatic carbocycles. The second-order valence-corrected chi connectivity index (χ2v) is 8.32. The topological polar surface area (TPSA) is 69.7 Å². The molecule has 140 valence electrons. The van der Waals surface area contributed by atoms with Gasteiger partial charge in [0.2, 0.25) is 0 Å². The molecule has 0 saturated carbocycles. The molecule has 0 aromatic heterocycles. The highest BCUT2D eigenvalue weighted by atomic mass is 32.2. The van der Waals surface area contributed by atoms with Crippen molar-refractivity contribution in [3.8, 4) is 0 Å². The van der Waals surface area contributed by atoms with E-state index in [4.69, 9.17) is 0 Å². The molecule has 0 aliphatic heterocycles. The van der Waals surface area contributed by atoms with Crippen molar-refractivity contribution in [1.29, 1.82) is 0 Å². The summed E-state index contributed by atoms with van der Waals surface area (Å²) in [6.45, 7) is 2.02. The zero-order chi connectivity index (χ0) is 19.3. The van der Waals surface area contributed by atoms with Gasteiger partial charge in [-0.1, -0.05) is 37.3 Å². The highest BCUT2D eigenvalue weighted by Crippen LogP contribution is 2.20. The minimum Gasteiger partial charge on any atom is -0.345 e. The van der Waals surface area contributed by atoms with E-state index in [0.29, 0.717) is 11.3 Å². The standard InChI is InChI=1S/C19H25N3O3S/c1-5-18(15-9-7-6-8-10-15)20-19(23)16-11-13-17(14-12-16)22(4)26(24,25)21(2)3/h6-14,18H,5H2,1-4H3,(H,20,23)/t18-/m1/s1. The first-order chi connectivity index (χ1) is 12.3. The van der Waals surface area contributed by atoms with Crippen molar-refractivity contribution in [3.05, 3.63) is 65.7 Å². The number of carbonyl (C=O) groups is 1. The van der Waals surface area contributed by atoms with Crippen LogP contribution in [0.2, 0.25) is 0 Å². The van der Waals surface area contributed by atoms with Gasteiger partial charge in [-0.15, -0.1) is 0 Å². The normalized spacial score (nSPS) is 12.7. The number of amides is 1. The summed E-state index contributed by atoms with van der Waals surface area (Å²) < 4.78 is 26.6. The monoisotopic (exact) mass is 375 g/mol. The Kier molecular flexibility index (Phi) is 6.39. The summed E-state index contributed by atoms with van der Waals surface area (Å²) >= 11 is 0. The molecule has 1 amide bonds. The third-order valence-corrected chi connectivity index (χ3v) is 6.04. The first kappa shape index (κ1) is 19.9. The molecule has 0 fully saturated rings. The number of hydrogen-bond acceptors (Lipinski definition) is 3. The van der Waals surface area contributed by atoms with Crippen LogP contribution in [-0.4, -0.2) is 39.8 Å². The summed E-state index contributed by atoms with van der Waals surface area (Å²) in [5.74, 6) is -0.189. The molecule has 0 spiro atoms. The van der Waals surface area contributed by atoms with Crippen LogP contribution >= 0.6 is 0 Å². The van der Waals surface area contributed by atoms with Gasteiger partial charge in [0, 0.05) is 26.7 Å². The predicted octanol–water partition coefficient (Wildman–Crippen LogP) is 2.81. The Hall–Kier alpha value is -2.38. The third kappa shape index (κ3) is 4.42. The maximum absolute atomic E-state index is 12.5. The van der Waals surface area contributed by atoms with Crippen LogP contribution in [-0.2, 0) is 10.2 Å². The minimum atomic E-state index is -3.56. The Morgan fingerprint density at radius 3 is 2.08 bits per heavy atom. The molecular weight excluding hydrogens is 350 g/mol. The van der Waals surface area contributed by atoms with Crippen LogP contribution in [0, 0.1) is 0 Å². The van der Waals surface area contributed by atoms with Crippen LogP contribution in [0.25, 0.3) is 0 Å². The summed E-state index contributed by atoms with van der Waals surface area (Å²) in [4.78, 5) is 12.5. The van der Waals surface area contributed by atoms with Crippen molar-refractivity contribution >= 4 is 21.8 Å². The summed E-state index contributed by atoms with van der Waals surface area (Å²) in [7, 11) is 0.872. The fourth-order valence-electron chi connectivity index (χ4n) is 2.55. The maximum Gasteiger partial charge on any atom is 0.303 e. The van der Waals surface area contributed by atoms with Crippen LogP contribution in [0.5, 0.6) is 0 Å². The summed E-state index contributed by atoms with van der Waals surface area (Å²) in [6, 6.07) is 16.2. The molecule has 2 rings (SSSR count). The molecule has 0 aliphatic rings. The fourth-order valence-corrected chi connectivity index (χ4v) is 3.43. The van der Waals surface area contributed by atoms with Gasteiger partial charge in [0.15, 0.2) is 0 Å². The van der Waals surface area contributed by atoms with E-state index in [0.717, 1.165) is 16.3 Å². The SMILES string of the molecule is CC[C@@H](NC(=O)c1ccc(N(C)S(=O)(=O)N(C)C)cc1)c1ccccc1. The Balaban J connectivity index is 2.14. The van der Waals surface area contributed by atoms with Crippen molar-refractivity contribution < 1.29 is 13.2 Å². The zero-order valence-electron chi connectivity index (χ0n) is 15.5. The summed E-state index contributed by atoms with van der Waals surface area (Å²) in [5.41, 5.74) is 2.03. The first-order valence-corrected chi connectivity index (χ1v) is 9.79. The van der Waals surface area contributed by atoms with Crippen LogP contribution in [0.4, 0.5) is 5.69 Å². The molecule has 0 unspecified atom stereocenters. The Morgan fingerprint density at radius 1 is 1.00 bits per heavy atom. The van der Waals surface area contributed by atoms with E-state index in [-0.39, 0.29) is 11.9 Å². The maximum atomic E-state index is 12.5. The van der Waals surface area contributed by atoms with E-state index in [2.05, 4.69) is 5.32 Å². The van der Waals surface area contributed by atoms with Gasteiger partial charge in [0.25, 0.3) is 5.91 Å². The molecule has 6 nitrogen and oxygen atoms in total. The highest BCUT2D eigenvalue weighted by Gasteiger charge is 2.21. The lowest BCUT2D eigenvalue weighted by atomic mass is 10.0. The number of rotatable bonds is 7. The van der Waals surface area contributed by atoms with Crippen LogP contribution < -0.4 is 9.62 Å². The van der Waals surface area contributed by atoms with Crippen molar-refractivity contribution in [1.82, 2.24) is 9.62 Å². The zero-order valence-corrected chi connectivity index (χ0v) is 16.3. The number of anilines is 1. The van der Waals surface area contributed by atoms with E-state index in [1.54, 1.807) is 24.3 Å². The van der Waals surface area contributed by atoms with Crippen molar-refractivity contribution in [3.63, 3.8) is 0 Å². The predicted molar refractivity (Wildman–Crippen MR) is 104 cm³/mol.